The first kappa shape index (κ1) is 14.7. The van der Waals surface area contributed by atoms with Crippen molar-refractivity contribution in [2.24, 2.45) is 0 Å². The Morgan fingerprint density at radius 1 is 1.60 bits per heavy atom. The van der Waals surface area contributed by atoms with E-state index in [1.807, 2.05) is 18.7 Å². The Hall–Kier alpha value is -1.66. The molecule has 1 aromatic heterocycles. The van der Waals surface area contributed by atoms with Crippen LogP contribution in [-0.4, -0.2) is 53.9 Å². The number of aliphatic carboxylic acids is 1. The average molecular weight is 280 g/mol. The normalized spacial score (nSPS) is 19.9. The highest BCUT2D eigenvalue weighted by atomic mass is 16.5. The van der Waals surface area contributed by atoms with Crippen molar-refractivity contribution in [1.29, 1.82) is 0 Å². The molecule has 0 aromatic carbocycles. The summed E-state index contributed by atoms with van der Waals surface area (Å²) in [5.41, 5.74) is 2.92. The number of morpholine rings is 1. The van der Waals surface area contributed by atoms with E-state index in [0.29, 0.717) is 26.2 Å². The Bertz CT molecular complexity index is 504. The summed E-state index contributed by atoms with van der Waals surface area (Å²) in [4.78, 5) is 17.5. The Labute approximate surface area is 118 Å². The lowest BCUT2D eigenvalue weighted by molar-refractivity contribution is -0.156. The minimum absolute atomic E-state index is 0.382. The van der Waals surface area contributed by atoms with Gasteiger partial charge in [0.15, 0.2) is 6.10 Å². The van der Waals surface area contributed by atoms with Gasteiger partial charge in [-0.1, -0.05) is 0 Å². The maximum Gasteiger partial charge on any atom is 0.334 e. The maximum absolute atomic E-state index is 11.0. The van der Waals surface area contributed by atoms with Crippen LogP contribution in [0.5, 0.6) is 5.75 Å². The van der Waals surface area contributed by atoms with Gasteiger partial charge in [0.1, 0.15) is 5.75 Å². The van der Waals surface area contributed by atoms with Gasteiger partial charge in [-0.25, -0.2) is 4.79 Å². The minimum atomic E-state index is -0.916. The molecule has 1 atom stereocenters. The Morgan fingerprint density at radius 2 is 2.35 bits per heavy atom. The van der Waals surface area contributed by atoms with Crippen LogP contribution in [0, 0.1) is 13.8 Å². The number of ether oxygens (including phenoxy) is 2. The zero-order valence-corrected chi connectivity index (χ0v) is 12.0. The number of hydrogen-bond acceptors (Lipinski definition) is 5. The zero-order valence-electron chi connectivity index (χ0n) is 12.0. The third-order valence-corrected chi connectivity index (χ3v) is 3.55. The van der Waals surface area contributed by atoms with E-state index in [1.54, 1.807) is 13.3 Å². The summed E-state index contributed by atoms with van der Waals surface area (Å²) in [6.45, 7) is 6.06. The summed E-state index contributed by atoms with van der Waals surface area (Å²) in [5, 5.41) is 9.01. The number of pyridine rings is 1. The van der Waals surface area contributed by atoms with E-state index in [2.05, 4.69) is 4.98 Å². The Morgan fingerprint density at radius 3 is 3.00 bits per heavy atom. The largest absolute Gasteiger partial charge is 0.496 e. The molecular formula is C14H20N2O4. The quantitative estimate of drug-likeness (QED) is 0.887. The van der Waals surface area contributed by atoms with Crippen molar-refractivity contribution in [3.8, 4) is 5.75 Å². The first-order chi connectivity index (χ1) is 9.52. The van der Waals surface area contributed by atoms with E-state index in [1.165, 1.54) is 0 Å². The number of carboxylic acid groups (broad SMARTS) is 1. The highest BCUT2D eigenvalue weighted by molar-refractivity contribution is 5.72. The Kier molecular flexibility index (Phi) is 4.57. The number of rotatable bonds is 4. The first-order valence-corrected chi connectivity index (χ1v) is 6.58. The van der Waals surface area contributed by atoms with E-state index in [9.17, 15) is 4.79 Å². The van der Waals surface area contributed by atoms with Crippen LogP contribution in [0.2, 0.25) is 0 Å². The summed E-state index contributed by atoms with van der Waals surface area (Å²) >= 11 is 0. The van der Waals surface area contributed by atoms with Gasteiger partial charge in [0.05, 0.1) is 19.4 Å². The molecule has 110 valence electrons. The fourth-order valence-corrected chi connectivity index (χ4v) is 2.44. The van der Waals surface area contributed by atoms with E-state index in [0.717, 1.165) is 22.6 Å². The number of aryl methyl sites for hydroxylation is 1. The molecule has 20 heavy (non-hydrogen) atoms. The molecule has 0 spiro atoms. The van der Waals surface area contributed by atoms with Crippen LogP contribution in [-0.2, 0) is 16.1 Å². The molecule has 6 nitrogen and oxygen atoms in total. The van der Waals surface area contributed by atoms with Crippen LogP contribution < -0.4 is 4.74 Å². The second kappa shape index (κ2) is 6.19. The number of methoxy groups -OCH3 is 1. The topological polar surface area (TPSA) is 71.9 Å². The average Bonchev–Trinajstić information content (AvgIpc) is 2.43. The fraction of sp³-hybridized carbons (Fsp3) is 0.571. The molecule has 1 saturated heterocycles. The highest BCUT2D eigenvalue weighted by Crippen LogP contribution is 2.25. The van der Waals surface area contributed by atoms with Crippen molar-refractivity contribution >= 4 is 5.97 Å². The molecule has 6 heteroatoms. The van der Waals surface area contributed by atoms with Crippen molar-refractivity contribution in [3.05, 3.63) is 23.0 Å². The molecule has 2 rings (SSSR count). The van der Waals surface area contributed by atoms with Crippen molar-refractivity contribution in [1.82, 2.24) is 9.88 Å². The molecular weight excluding hydrogens is 260 g/mol. The summed E-state index contributed by atoms with van der Waals surface area (Å²) in [6, 6.07) is 0. The lowest BCUT2D eigenvalue weighted by Crippen LogP contribution is -2.45. The van der Waals surface area contributed by atoms with Gasteiger partial charge in [0.25, 0.3) is 0 Å². The van der Waals surface area contributed by atoms with Crippen molar-refractivity contribution in [2.45, 2.75) is 26.5 Å². The van der Waals surface area contributed by atoms with E-state index in [-0.39, 0.29) is 0 Å². The molecule has 1 N–H and O–H groups in total. The second-order valence-corrected chi connectivity index (χ2v) is 4.98. The Balaban J connectivity index is 2.12. The van der Waals surface area contributed by atoms with Crippen molar-refractivity contribution in [3.63, 3.8) is 0 Å². The lowest BCUT2D eigenvalue weighted by atomic mass is 10.1. The highest BCUT2D eigenvalue weighted by Gasteiger charge is 2.26. The summed E-state index contributed by atoms with van der Waals surface area (Å²) in [5.74, 6) is -0.0705. The van der Waals surface area contributed by atoms with Gasteiger partial charge in [0.2, 0.25) is 0 Å². The SMILES string of the molecule is COc1c(C)cnc(CN2CCOC(C(=O)O)C2)c1C. The van der Waals surface area contributed by atoms with Crippen LogP contribution in [0.4, 0.5) is 0 Å². The standard InChI is InChI=1S/C14H20N2O4/c1-9-6-15-11(10(2)13(9)19-3)7-16-4-5-20-12(8-16)14(17)18/h6,12H,4-5,7-8H2,1-3H3,(H,17,18). The van der Waals surface area contributed by atoms with Crippen LogP contribution in [0.25, 0.3) is 0 Å². The van der Waals surface area contributed by atoms with Crippen molar-refractivity contribution in [2.75, 3.05) is 26.8 Å². The molecule has 0 aliphatic carbocycles. The first-order valence-electron chi connectivity index (χ1n) is 6.58. The number of hydrogen-bond donors (Lipinski definition) is 1. The van der Waals surface area contributed by atoms with Crippen LogP contribution in [0.1, 0.15) is 16.8 Å². The van der Waals surface area contributed by atoms with Crippen LogP contribution >= 0.6 is 0 Å². The number of carbonyl (C=O) groups is 1. The lowest BCUT2D eigenvalue weighted by Gasteiger charge is -2.31. The third kappa shape index (κ3) is 3.08. The van der Waals surface area contributed by atoms with E-state index in [4.69, 9.17) is 14.6 Å². The summed E-state index contributed by atoms with van der Waals surface area (Å²) in [7, 11) is 1.65. The number of aromatic nitrogens is 1. The van der Waals surface area contributed by atoms with Gasteiger partial charge >= 0.3 is 5.97 Å². The van der Waals surface area contributed by atoms with Gasteiger partial charge in [-0.05, 0) is 13.8 Å². The maximum atomic E-state index is 11.0. The molecule has 1 aliphatic heterocycles. The van der Waals surface area contributed by atoms with Crippen LogP contribution in [0.15, 0.2) is 6.20 Å². The molecule has 0 radical (unpaired) electrons. The van der Waals surface area contributed by atoms with E-state index >= 15 is 0 Å². The molecule has 0 saturated carbocycles. The van der Waals surface area contributed by atoms with Gasteiger partial charge in [0, 0.05) is 37.0 Å². The smallest absolute Gasteiger partial charge is 0.334 e. The zero-order chi connectivity index (χ0) is 14.7. The molecule has 1 aliphatic rings. The molecule has 1 unspecified atom stereocenters. The molecule has 0 amide bonds. The van der Waals surface area contributed by atoms with Gasteiger partial charge in [-0.15, -0.1) is 0 Å². The number of nitrogens with zero attached hydrogens (tertiary/aromatic N) is 2. The van der Waals surface area contributed by atoms with E-state index < -0.39 is 12.1 Å². The summed E-state index contributed by atoms with van der Waals surface area (Å²) < 4.78 is 10.6. The van der Waals surface area contributed by atoms with Gasteiger partial charge < -0.3 is 14.6 Å². The molecule has 0 bridgehead atoms. The van der Waals surface area contributed by atoms with Crippen molar-refractivity contribution < 1.29 is 19.4 Å². The monoisotopic (exact) mass is 280 g/mol. The molecule has 1 fully saturated rings. The molecule has 1 aromatic rings. The third-order valence-electron chi connectivity index (χ3n) is 3.55. The predicted octanol–water partition coefficient (Wildman–Crippen LogP) is 0.992. The number of carboxylic acids is 1. The minimum Gasteiger partial charge on any atom is -0.496 e. The predicted molar refractivity (Wildman–Crippen MR) is 72.9 cm³/mol. The van der Waals surface area contributed by atoms with Crippen LogP contribution in [0.3, 0.4) is 0 Å². The second-order valence-electron chi connectivity index (χ2n) is 4.98. The van der Waals surface area contributed by atoms with Gasteiger partial charge in [-0.2, -0.15) is 0 Å². The van der Waals surface area contributed by atoms with Gasteiger partial charge in [-0.3, -0.25) is 9.88 Å². The summed E-state index contributed by atoms with van der Waals surface area (Å²) in [6.07, 6.45) is 1.03. The fourth-order valence-electron chi connectivity index (χ4n) is 2.44. The molecule has 2 heterocycles.